The van der Waals surface area contributed by atoms with Gasteiger partial charge in [0.2, 0.25) is 11.8 Å². The Hall–Kier alpha value is -1.06. The van der Waals surface area contributed by atoms with Crippen LogP contribution in [0.3, 0.4) is 0 Å². The average molecular weight is 581 g/mol. The van der Waals surface area contributed by atoms with Crippen LogP contribution >= 0.6 is 0 Å². The Bertz CT molecular complexity index is 509. The zero-order valence-corrected chi connectivity index (χ0v) is 28.7. The minimum absolute atomic E-state index is 0.218. The fourth-order valence-electron chi connectivity index (χ4n) is 5.25. The lowest BCUT2D eigenvalue weighted by Crippen LogP contribution is -2.23. The predicted octanol–water partition coefficient (Wildman–Crippen LogP) is 11.6. The first-order valence-corrected chi connectivity index (χ1v) is 18.7. The molecule has 2 amide bonds. The van der Waals surface area contributed by atoms with Gasteiger partial charge >= 0.3 is 0 Å². The molecule has 0 aliphatic rings. The monoisotopic (exact) mass is 581 g/mol. The van der Waals surface area contributed by atoms with Crippen LogP contribution < -0.4 is 10.6 Å². The van der Waals surface area contributed by atoms with E-state index in [4.69, 9.17) is 0 Å². The maximum absolute atomic E-state index is 11.4. The highest BCUT2D eigenvalue weighted by Gasteiger charge is 2.00. The highest BCUT2D eigenvalue weighted by Crippen LogP contribution is 2.14. The highest BCUT2D eigenvalue weighted by atomic mass is 16.2. The number of amides is 2. The molecule has 0 fully saturated rings. The van der Waals surface area contributed by atoms with Crippen LogP contribution in [0, 0.1) is 0 Å². The Morgan fingerprint density at radius 2 is 0.610 bits per heavy atom. The maximum Gasteiger partial charge on any atom is 0.219 e. The number of hydrogen-bond donors (Lipinski definition) is 2. The Kier molecular flexibility index (Phi) is 40.0. The molecule has 0 aromatic carbocycles. The van der Waals surface area contributed by atoms with Gasteiger partial charge in [0.1, 0.15) is 0 Å². The summed E-state index contributed by atoms with van der Waals surface area (Å²) in [5.41, 5.74) is 0. The van der Waals surface area contributed by atoms with Crippen LogP contribution in [0.5, 0.6) is 0 Å². The second-order valence-electron chi connectivity index (χ2n) is 12.3. The van der Waals surface area contributed by atoms with Gasteiger partial charge in [0.15, 0.2) is 0 Å². The third-order valence-corrected chi connectivity index (χ3v) is 7.96. The Labute approximate surface area is 258 Å². The lowest BCUT2D eigenvalue weighted by molar-refractivity contribution is -0.122. The lowest BCUT2D eigenvalue weighted by Gasteiger charge is -2.04. The molecule has 2 N–H and O–H groups in total. The molecule has 4 nitrogen and oxygen atoms in total. The van der Waals surface area contributed by atoms with Crippen molar-refractivity contribution in [2.24, 2.45) is 0 Å². The van der Waals surface area contributed by atoms with Crippen LogP contribution in [0.25, 0.3) is 0 Å². The molecule has 0 aliphatic carbocycles. The Morgan fingerprint density at radius 1 is 0.341 bits per heavy atom. The lowest BCUT2D eigenvalue weighted by atomic mass is 10.0. The van der Waals surface area contributed by atoms with E-state index >= 15 is 0 Å². The Balaban J connectivity index is 0. The molecule has 0 aromatic rings. The molecule has 0 aliphatic heterocycles. The van der Waals surface area contributed by atoms with Gasteiger partial charge in [-0.15, -0.1) is 0 Å². The van der Waals surface area contributed by atoms with Gasteiger partial charge in [-0.3, -0.25) is 9.59 Å². The van der Waals surface area contributed by atoms with Crippen LogP contribution in [0.2, 0.25) is 0 Å². The van der Waals surface area contributed by atoms with E-state index in [1.807, 2.05) is 6.92 Å². The van der Waals surface area contributed by atoms with E-state index in [1.54, 1.807) is 0 Å². The number of rotatable bonds is 31. The number of unbranched alkanes of at least 4 members (excludes halogenated alkanes) is 24. The molecule has 0 bridgehead atoms. The van der Waals surface area contributed by atoms with Gasteiger partial charge in [0.05, 0.1) is 0 Å². The molecule has 0 saturated heterocycles. The van der Waals surface area contributed by atoms with Crippen molar-refractivity contribution in [1.29, 1.82) is 0 Å². The fourth-order valence-corrected chi connectivity index (χ4v) is 5.25. The quantitative estimate of drug-likeness (QED) is 0.0801. The van der Waals surface area contributed by atoms with Gasteiger partial charge in [-0.25, -0.2) is 0 Å². The molecule has 4 heteroatoms. The molecule has 0 aromatic heterocycles. The summed E-state index contributed by atoms with van der Waals surface area (Å²) in [4.78, 5) is 22.6. The van der Waals surface area contributed by atoms with E-state index in [1.165, 1.54) is 154 Å². The van der Waals surface area contributed by atoms with Crippen LogP contribution in [0.15, 0.2) is 0 Å². The van der Waals surface area contributed by atoms with E-state index in [0.717, 1.165) is 38.8 Å². The van der Waals surface area contributed by atoms with Crippen LogP contribution in [0.4, 0.5) is 0 Å². The van der Waals surface area contributed by atoms with Gasteiger partial charge in [-0.05, 0) is 26.2 Å². The summed E-state index contributed by atoms with van der Waals surface area (Å²) in [5.74, 6) is 0.454. The molecule has 0 unspecified atom stereocenters. The summed E-state index contributed by atoms with van der Waals surface area (Å²) in [6.07, 6.45) is 37.8. The summed E-state index contributed by atoms with van der Waals surface area (Å²) < 4.78 is 0. The first-order valence-electron chi connectivity index (χ1n) is 18.7. The summed E-state index contributed by atoms with van der Waals surface area (Å²) in [6.45, 7) is 10.2. The number of carbonyl (C=O) groups excluding carboxylic acids is 2. The van der Waals surface area contributed by atoms with E-state index in [-0.39, 0.29) is 11.8 Å². The molecule has 0 rings (SSSR count). The summed E-state index contributed by atoms with van der Waals surface area (Å²) in [5, 5.41) is 5.79. The first kappa shape index (κ1) is 42.1. The third kappa shape index (κ3) is 41.1. The van der Waals surface area contributed by atoms with Gasteiger partial charge < -0.3 is 10.6 Å². The van der Waals surface area contributed by atoms with Gasteiger partial charge in [0.25, 0.3) is 0 Å². The summed E-state index contributed by atoms with van der Waals surface area (Å²) >= 11 is 0. The van der Waals surface area contributed by atoms with Crippen molar-refractivity contribution in [1.82, 2.24) is 10.6 Å². The van der Waals surface area contributed by atoms with E-state index < -0.39 is 0 Å². The molecule has 0 heterocycles. The third-order valence-electron chi connectivity index (χ3n) is 7.96. The second kappa shape index (κ2) is 38.9. The topological polar surface area (TPSA) is 58.2 Å². The fraction of sp³-hybridized carbons (Fsp3) is 0.946. The molecule has 0 atom stereocenters. The molecule has 0 spiro atoms. The van der Waals surface area contributed by atoms with Crippen molar-refractivity contribution in [3.63, 3.8) is 0 Å². The zero-order chi connectivity index (χ0) is 30.5. The van der Waals surface area contributed by atoms with Gasteiger partial charge in [-0.2, -0.15) is 0 Å². The Morgan fingerprint density at radius 3 is 0.878 bits per heavy atom. The molecule has 41 heavy (non-hydrogen) atoms. The highest BCUT2D eigenvalue weighted by molar-refractivity contribution is 5.76. The molecule has 246 valence electrons. The van der Waals surface area contributed by atoms with Crippen molar-refractivity contribution in [3.05, 3.63) is 0 Å². The second-order valence-corrected chi connectivity index (χ2v) is 12.3. The van der Waals surface area contributed by atoms with Crippen LogP contribution in [-0.2, 0) is 9.59 Å². The van der Waals surface area contributed by atoms with Gasteiger partial charge in [-0.1, -0.05) is 175 Å². The van der Waals surface area contributed by atoms with Crippen molar-refractivity contribution in [3.8, 4) is 0 Å². The predicted molar refractivity (Wildman–Crippen MR) is 183 cm³/mol. The van der Waals surface area contributed by atoms with Gasteiger partial charge in [0, 0.05) is 25.9 Å². The van der Waals surface area contributed by atoms with Crippen LogP contribution in [0.1, 0.15) is 214 Å². The maximum atomic E-state index is 11.4. The standard InChI is InChI=1S/C19H39NO.C18H37NO/c1-3-5-6-7-8-9-10-11-12-13-14-15-16-17-19(21)20-18-4-2;1-3-5-6-7-8-9-10-11-12-13-14-15-16-17-18(20)19-4-2/h3-18H2,1-2H3,(H,20,21);3-17H2,1-2H3,(H,19,20). The van der Waals surface area contributed by atoms with Crippen molar-refractivity contribution in [2.75, 3.05) is 13.1 Å². The normalized spacial score (nSPS) is 10.7. The van der Waals surface area contributed by atoms with E-state index in [9.17, 15) is 9.59 Å². The number of hydrogen-bond acceptors (Lipinski definition) is 2. The molecule has 0 radical (unpaired) electrons. The van der Waals surface area contributed by atoms with E-state index in [2.05, 4.69) is 31.4 Å². The minimum atomic E-state index is 0.218. The molecular formula is C37H76N2O2. The smallest absolute Gasteiger partial charge is 0.219 e. The van der Waals surface area contributed by atoms with Crippen molar-refractivity contribution >= 4 is 11.8 Å². The van der Waals surface area contributed by atoms with Crippen molar-refractivity contribution < 1.29 is 9.59 Å². The SMILES string of the molecule is CCCCCCCCCCCCCCCC(=O)NCC.CCCCCCCCCCCCCCCC(=O)NCCC. The largest absolute Gasteiger partial charge is 0.356 e. The van der Waals surface area contributed by atoms with Crippen LogP contribution in [-0.4, -0.2) is 24.9 Å². The summed E-state index contributed by atoms with van der Waals surface area (Å²) in [6, 6.07) is 0. The minimum Gasteiger partial charge on any atom is -0.356 e. The van der Waals surface area contributed by atoms with Crippen molar-refractivity contribution in [2.45, 2.75) is 214 Å². The zero-order valence-electron chi connectivity index (χ0n) is 28.7. The average Bonchev–Trinajstić information content (AvgIpc) is 2.97. The molecule has 0 saturated carbocycles. The number of carbonyl (C=O) groups is 2. The number of nitrogens with one attached hydrogen (secondary N) is 2. The summed E-state index contributed by atoms with van der Waals surface area (Å²) in [7, 11) is 0. The molecular weight excluding hydrogens is 504 g/mol. The first-order chi connectivity index (χ1) is 20.1. The van der Waals surface area contributed by atoms with E-state index in [0.29, 0.717) is 6.42 Å².